The van der Waals surface area contributed by atoms with Crippen LogP contribution in [-0.4, -0.2) is 16.0 Å². The summed E-state index contributed by atoms with van der Waals surface area (Å²) in [5.41, 5.74) is 2.82. The average Bonchev–Trinajstić information content (AvgIpc) is 3.23. The van der Waals surface area contributed by atoms with Gasteiger partial charge in [0.05, 0.1) is 5.52 Å². The highest BCUT2D eigenvalue weighted by Crippen LogP contribution is 2.46. The second-order valence-electron chi connectivity index (χ2n) is 7.66. The number of anilines is 1. The molecule has 2 saturated carbocycles. The fourth-order valence-electron chi connectivity index (χ4n) is 4.71. The van der Waals surface area contributed by atoms with E-state index in [4.69, 9.17) is 34.8 Å². The zero-order valence-corrected chi connectivity index (χ0v) is 16.8. The molecule has 0 saturated heterocycles. The summed E-state index contributed by atoms with van der Waals surface area (Å²) in [6, 6.07) is 12.1. The van der Waals surface area contributed by atoms with Crippen molar-refractivity contribution in [2.24, 2.45) is 11.8 Å². The molecule has 3 aromatic rings. The topological polar surface area (TPSA) is 37.8 Å². The Kier molecular flexibility index (Phi) is 4.42. The van der Waals surface area contributed by atoms with E-state index in [1.807, 2.05) is 24.3 Å². The highest BCUT2D eigenvalue weighted by atomic mass is 35.5. The number of halogens is 3. The number of hydrogen-bond acceptors (Lipinski definition) is 3. The van der Waals surface area contributed by atoms with Crippen molar-refractivity contribution < 1.29 is 0 Å². The van der Waals surface area contributed by atoms with Gasteiger partial charge in [0.15, 0.2) is 0 Å². The van der Waals surface area contributed by atoms with Gasteiger partial charge in [0, 0.05) is 21.5 Å². The zero-order valence-electron chi connectivity index (χ0n) is 14.6. The molecule has 2 aliphatic carbocycles. The molecule has 2 aromatic carbocycles. The molecule has 5 rings (SSSR count). The van der Waals surface area contributed by atoms with E-state index < -0.39 is 0 Å². The molecule has 2 fully saturated rings. The van der Waals surface area contributed by atoms with Crippen molar-refractivity contribution in [3.05, 3.63) is 51.7 Å². The van der Waals surface area contributed by atoms with Crippen molar-refractivity contribution in [3.8, 4) is 11.1 Å². The maximum Gasteiger partial charge on any atom is 0.224 e. The molecule has 0 spiro atoms. The van der Waals surface area contributed by atoms with E-state index in [-0.39, 0.29) is 5.28 Å². The van der Waals surface area contributed by atoms with Gasteiger partial charge in [-0.3, -0.25) is 0 Å². The summed E-state index contributed by atoms with van der Waals surface area (Å²) in [4.78, 5) is 8.90. The van der Waals surface area contributed by atoms with Crippen LogP contribution in [0.15, 0.2) is 36.4 Å². The molecular formula is C21H18Cl3N3. The fourth-order valence-corrected chi connectivity index (χ4v) is 5.41. The summed E-state index contributed by atoms with van der Waals surface area (Å²) in [7, 11) is 0. The molecule has 2 bridgehead atoms. The van der Waals surface area contributed by atoms with Gasteiger partial charge in [0.1, 0.15) is 5.82 Å². The zero-order chi connectivity index (χ0) is 18.5. The lowest BCUT2D eigenvalue weighted by molar-refractivity contribution is 0.439. The minimum absolute atomic E-state index is 0.270. The quantitative estimate of drug-likeness (QED) is 0.472. The first-order chi connectivity index (χ1) is 13.0. The molecule has 0 unspecified atom stereocenters. The molecule has 3 nitrogen and oxygen atoms in total. The molecule has 6 heteroatoms. The first-order valence-electron chi connectivity index (χ1n) is 9.25. The van der Waals surface area contributed by atoms with Crippen LogP contribution in [0.4, 0.5) is 5.82 Å². The average molecular weight is 419 g/mol. The van der Waals surface area contributed by atoms with Crippen LogP contribution in [0, 0.1) is 11.8 Å². The lowest BCUT2D eigenvalue weighted by Crippen LogP contribution is -2.26. The van der Waals surface area contributed by atoms with Crippen LogP contribution in [0.3, 0.4) is 0 Å². The van der Waals surface area contributed by atoms with Crippen LogP contribution in [0.5, 0.6) is 0 Å². The van der Waals surface area contributed by atoms with E-state index >= 15 is 0 Å². The molecule has 138 valence electrons. The van der Waals surface area contributed by atoms with Gasteiger partial charge in [-0.15, -0.1) is 0 Å². The van der Waals surface area contributed by atoms with E-state index in [9.17, 15) is 0 Å². The largest absolute Gasteiger partial charge is 0.366 e. The van der Waals surface area contributed by atoms with Crippen molar-refractivity contribution >= 4 is 51.5 Å². The van der Waals surface area contributed by atoms with Crippen LogP contribution in [0.1, 0.15) is 25.7 Å². The Morgan fingerprint density at radius 2 is 1.67 bits per heavy atom. The van der Waals surface area contributed by atoms with E-state index in [2.05, 4.69) is 21.4 Å². The number of aromatic nitrogens is 2. The predicted octanol–water partition coefficient (Wildman–Crippen LogP) is 6.86. The van der Waals surface area contributed by atoms with Crippen molar-refractivity contribution in [2.75, 3.05) is 5.32 Å². The first-order valence-corrected chi connectivity index (χ1v) is 10.4. The van der Waals surface area contributed by atoms with Crippen LogP contribution in [0.2, 0.25) is 15.3 Å². The minimum atomic E-state index is 0.270. The summed E-state index contributed by atoms with van der Waals surface area (Å²) in [6.45, 7) is 0. The Morgan fingerprint density at radius 1 is 0.852 bits per heavy atom. The van der Waals surface area contributed by atoms with Crippen LogP contribution >= 0.6 is 34.8 Å². The Balaban J connectivity index is 1.57. The third kappa shape index (κ3) is 3.37. The normalized spacial score (nSPS) is 23.9. The summed E-state index contributed by atoms with van der Waals surface area (Å²) in [6.07, 6.45) is 5.23. The molecule has 27 heavy (non-hydrogen) atoms. The van der Waals surface area contributed by atoms with Crippen LogP contribution in [0.25, 0.3) is 22.0 Å². The third-order valence-electron chi connectivity index (χ3n) is 5.92. The number of hydrogen-bond donors (Lipinski definition) is 1. The Hall–Kier alpha value is -1.55. The lowest BCUT2D eigenvalue weighted by Gasteiger charge is -2.24. The second-order valence-corrected chi connectivity index (χ2v) is 8.87. The van der Waals surface area contributed by atoms with Crippen LogP contribution in [-0.2, 0) is 0 Å². The van der Waals surface area contributed by atoms with E-state index in [1.54, 1.807) is 6.07 Å². The number of nitrogens with one attached hydrogen (secondary N) is 1. The molecule has 1 heterocycles. The molecular weight excluding hydrogens is 401 g/mol. The molecule has 1 aromatic heterocycles. The SMILES string of the molecule is Clc1cc(Cl)cc(-c2ccc3nc(Cl)nc(N[C@@H]4C[C@H]5CC[C@@H]4C5)c3c2)c1. The van der Waals surface area contributed by atoms with E-state index in [1.165, 1.54) is 25.7 Å². The van der Waals surface area contributed by atoms with Gasteiger partial charge in [-0.05, 0) is 84.2 Å². The number of benzene rings is 2. The maximum absolute atomic E-state index is 6.19. The van der Waals surface area contributed by atoms with Gasteiger partial charge in [0.25, 0.3) is 0 Å². The maximum atomic E-state index is 6.19. The molecule has 0 aliphatic heterocycles. The van der Waals surface area contributed by atoms with Crippen molar-refractivity contribution in [1.29, 1.82) is 0 Å². The van der Waals surface area contributed by atoms with Gasteiger partial charge in [-0.2, -0.15) is 0 Å². The molecule has 2 aliphatic rings. The van der Waals surface area contributed by atoms with Crippen LogP contribution < -0.4 is 5.32 Å². The minimum Gasteiger partial charge on any atom is -0.366 e. The first kappa shape index (κ1) is 17.5. The van der Waals surface area contributed by atoms with Gasteiger partial charge in [0.2, 0.25) is 5.28 Å². The Morgan fingerprint density at radius 3 is 2.37 bits per heavy atom. The van der Waals surface area contributed by atoms with Gasteiger partial charge in [-0.1, -0.05) is 35.7 Å². The smallest absolute Gasteiger partial charge is 0.224 e. The summed E-state index contributed by atoms with van der Waals surface area (Å²) >= 11 is 18.6. The molecule has 3 atom stereocenters. The van der Waals surface area contributed by atoms with Gasteiger partial charge < -0.3 is 5.32 Å². The standard InChI is InChI=1S/C21H18Cl3N3/c22-15-7-14(8-16(23)10-15)12-3-4-18-17(9-12)20(27-21(24)26-18)25-19-6-11-1-2-13(19)5-11/h3-4,7-11,13,19H,1-2,5-6H2,(H,25,26,27)/t11-,13+,19+/m0/s1. The Labute approximate surface area is 173 Å². The van der Waals surface area contributed by atoms with Crippen molar-refractivity contribution in [1.82, 2.24) is 9.97 Å². The highest BCUT2D eigenvalue weighted by Gasteiger charge is 2.39. The number of rotatable bonds is 3. The monoisotopic (exact) mass is 417 g/mol. The molecule has 0 amide bonds. The van der Waals surface area contributed by atoms with E-state index in [0.717, 1.165) is 39.7 Å². The predicted molar refractivity (Wildman–Crippen MR) is 113 cm³/mol. The van der Waals surface area contributed by atoms with Crippen molar-refractivity contribution in [2.45, 2.75) is 31.7 Å². The van der Waals surface area contributed by atoms with Crippen molar-refractivity contribution in [3.63, 3.8) is 0 Å². The fraction of sp³-hybridized carbons (Fsp3) is 0.333. The van der Waals surface area contributed by atoms with E-state index in [0.29, 0.717) is 16.1 Å². The second kappa shape index (κ2) is 6.80. The van der Waals surface area contributed by atoms with Gasteiger partial charge in [-0.25, -0.2) is 9.97 Å². The molecule has 0 radical (unpaired) electrons. The summed E-state index contributed by atoms with van der Waals surface area (Å²) in [5, 5.41) is 6.14. The van der Waals surface area contributed by atoms with Gasteiger partial charge >= 0.3 is 0 Å². The number of nitrogens with zero attached hydrogens (tertiary/aromatic N) is 2. The summed E-state index contributed by atoms with van der Waals surface area (Å²) in [5.74, 6) is 2.42. The number of fused-ring (bicyclic) bond motifs is 3. The lowest BCUT2D eigenvalue weighted by atomic mass is 9.95. The Bertz CT molecular complexity index is 1020. The third-order valence-corrected chi connectivity index (χ3v) is 6.53. The molecule has 1 N–H and O–H groups in total. The summed E-state index contributed by atoms with van der Waals surface area (Å²) < 4.78 is 0. The highest BCUT2D eigenvalue weighted by molar-refractivity contribution is 6.35.